The number of Topliss-reactive ketones (excluding diaryl/α,β-unsaturated/α-hetero) is 2. The first-order valence-corrected chi connectivity index (χ1v) is 7.29. The van der Waals surface area contributed by atoms with E-state index in [4.69, 9.17) is 0 Å². The number of benzene rings is 1. The van der Waals surface area contributed by atoms with Crippen LogP contribution < -0.4 is 10.6 Å². The Hall–Kier alpha value is -1.52. The highest BCUT2D eigenvalue weighted by Crippen LogP contribution is 2.27. The molecule has 0 aromatic heterocycles. The fourth-order valence-corrected chi connectivity index (χ4v) is 3.24. The van der Waals surface area contributed by atoms with E-state index < -0.39 is 5.92 Å². The molecular weight excluding hydrogens is 252 g/mol. The van der Waals surface area contributed by atoms with Crippen molar-refractivity contribution in [3.63, 3.8) is 0 Å². The average molecular weight is 272 g/mol. The van der Waals surface area contributed by atoms with Gasteiger partial charge in [-0.2, -0.15) is 0 Å². The standard InChI is InChI=1S/C16H20N2O2/c1-10-7-8-12-15(20)13(9-17-16(12)18-10)14(19)11-5-3-2-4-6-11/h2-6,10,12-13,16-18H,7-9H2,1H3. The van der Waals surface area contributed by atoms with Crippen LogP contribution in [0.25, 0.3) is 0 Å². The lowest BCUT2D eigenvalue weighted by Crippen LogP contribution is -2.63. The van der Waals surface area contributed by atoms with Crippen LogP contribution in [0.4, 0.5) is 0 Å². The zero-order valence-electron chi connectivity index (χ0n) is 11.6. The van der Waals surface area contributed by atoms with E-state index >= 15 is 0 Å². The van der Waals surface area contributed by atoms with Crippen LogP contribution in [0.15, 0.2) is 30.3 Å². The Morgan fingerprint density at radius 2 is 1.95 bits per heavy atom. The molecule has 20 heavy (non-hydrogen) atoms. The minimum atomic E-state index is -0.533. The summed E-state index contributed by atoms with van der Waals surface area (Å²) in [7, 11) is 0. The van der Waals surface area contributed by atoms with Gasteiger partial charge in [0.1, 0.15) is 0 Å². The number of piperidine rings is 2. The van der Waals surface area contributed by atoms with Gasteiger partial charge in [0.25, 0.3) is 0 Å². The van der Waals surface area contributed by atoms with E-state index in [-0.39, 0.29) is 23.7 Å². The SMILES string of the molecule is CC1CCC2C(=O)C(C(=O)c3ccccc3)CNC2N1. The second-order valence-corrected chi connectivity index (χ2v) is 5.82. The van der Waals surface area contributed by atoms with Crippen molar-refractivity contribution in [3.05, 3.63) is 35.9 Å². The number of fused-ring (bicyclic) bond motifs is 1. The van der Waals surface area contributed by atoms with Crippen molar-refractivity contribution in [1.82, 2.24) is 10.6 Å². The molecule has 1 aromatic carbocycles. The first-order valence-electron chi connectivity index (χ1n) is 7.29. The molecule has 0 aliphatic carbocycles. The van der Waals surface area contributed by atoms with Crippen LogP contribution in [0.1, 0.15) is 30.1 Å². The van der Waals surface area contributed by atoms with Gasteiger partial charge in [-0.25, -0.2) is 0 Å². The fourth-order valence-electron chi connectivity index (χ4n) is 3.24. The van der Waals surface area contributed by atoms with Crippen molar-refractivity contribution in [2.75, 3.05) is 6.54 Å². The van der Waals surface area contributed by atoms with Gasteiger partial charge >= 0.3 is 0 Å². The number of nitrogens with one attached hydrogen (secondary N) is 2. The molecule has 2 saturated heterocycles. The summed E-state index contributed by atoms with van der Waals surface area (Å²) in [6.45, 7) is 2.57. The van der Waals surface area contributed by atoms with Crippen molar-refractivity contribution in [1.29, 1.82) is 0 Å². The van der Waals surface area contributed by atoms with E-state index in [2.05, 4.69) is 17.6 Å². The predicted molar refractivity (Wildman–Crippen MR) is 76.4 cm³/mol. The summed E-state index contributed by atoms with van der Waals surface area (Å²) in [5, 5.41) is 6.73. The highest BCUT2D eigenvalue weighted by molar-refractivity contribution is 6.12. The van der Waals surface area contributed by atoms with Crippen molar-refractivity contribution in [3.8, 4) is 0 Å². The molecule has 4 heteroatoms. The molecule has 0 radical (unpaired) electrons. The third kappa shape index (κ3) is 2.41. The summed E-state index contributed by atoms with van der Waals surface area (Å²) >= 11 is 0. The van der Waals surface area contributed by atoms with E-state index in [1.165, 1.54) is 0 Å². The molecule has 2 N–H and O–H groups in total. The largest absolute Gasteiger partial charge is 0.300 e. The van der Waals surface area contributed by atoms with E-state index in [9.17, 15) is 9.59 Å². The zero-order chi connectivity index (χ0) is 14.1. The van der Waals surface area contributed by atoms with Gasteiger partial charge in [-0.05, 0) is 19.8 Å². The van der Waals surface area contributed by atoms with E-state index in [0.717, 1.165) is 12.8 Å². The van der Waals surface area contributed by atoms with E-state index in [0.29, 0.717) is 18.2 Å². The number of hydrogen-bond acceptors (Lipinski definition) is 4. The minimum Gasteiger partial charge on any atom is -0.300 e. The smallest absolute Gasteiger partial charge is 0.174 e. The van der Waals surface area contributed by atoms with Crippen LogP contribution >= 0.6 is 0 Å². The highest BCUT2D eigenvalue weighted by atomic mass is 16.2. The normalized spacial score (nSPS) is 33.5. The molecule has 3 rings (SSSR count). The number of hydrogen-bond donors (Lipinski definition) is 2. The molecule has 0 amide bonds. The van der Waals surface area contributed by atoms with Gasteiger partial charge in [0.15, 0.2) is 11.6 Å². The number of carbonyl (C=O) groups is 2. The molecule has 0 saturated carbocycles. The van der Waals surface area contributed by atoms with Gasteiger partial charge in [0, 0.05) is 24.1 Å². The highest BCUT2D eigenvalue weighted by Gasteiger charge is 2.43. The number of ketones is 2. The molecule has 4 atom stereocenters. The first-order chi connectivity index (χ1) is 9.66. The Morgan fingerprint density at radius 3 is 2.70 bits per heavy atom. The Labute approximate surface area is 118 Å². The number of rotatable bonds is 2. The summed E-state index contributed by atoms with van der Waals surface area (Å²) in [6.07, 6.45) is 1.88. The lowest BCUT2D eigenvalue weighted by atomic mass is 9.78. The summed E-state index contributed by atoms with van der Waals surface area (Å²) < 4.78 is 0. The maximum Gasteiger partial charge on any atom is 0.174 e. The maximum atomic E-state index is 12.6. The van der Waals surface area contributed by atoms with Crippen molar-refractivity contribution in [2.24, 2.45) is 11.8 Å². The molecule has 2 heterocycles. The second kappa shape index (κ2) is 5.46. The van der Waals surface area contributed by atoms with Crippen molar-refractivity contribution < 1.29 is 9.59 Å². The Morgan fingerprint density at radius 1 is 1.20 bits per heavy atom. The van der Waals surface area contributed by atoms with Crippen LogP contribution in [-0.4, -0.2) is 30.3 Å². The van der Waals surface area contributed by atoms with Gasteiger partial charge in [0.2, 0.25) is 0 Å². The lowest BCUT2D eigenvalue weighted by Gasteiger charge is -2.41. The van der Waals surface area contributed by atoms with Gasteiger partial charge < -0.3 is 5.32 Å². The second-order valence-electron chi connectivity index (χ2n) is 5.82. The summed E-state index contributed by atoms with van der Waals surface area (Å²) in [5.74, 6) is -0.561. The molecule has 0 bridgehead atoms. The van der Waals surface area contributed by atoms with Crippen LogP contribution in [-0.2, 0) is 4.79 Å². The molecular formula is C16H20N2O2. The Bertz CT molecular complexity index is 514. The summed E-state index contributed by atoms with van der Waals surface area (Å²) in [6, 6.07) is 9.53. The Balaban J connectivity index is 1.76. The van der Waals surface area contributed by atoms with E-state index in [1.54, 1.807) is 12.1 Å². The van der Waals surface area contributed by atoms with Crippen LogP contribution in [0.5, 0.6) is 0 Å². The van der Waals surface area contributed by atoms with Crippen LogP contribution in [0.2, 0.25) is 0 Å². The van der Waals surface area contributed by atoms with E-state index in [1.807, 2.05) is 18.2 Å². The van der Waals surface area contributed by atoms with Crippen LogP contribution in [0, 0.1) is 11.8 Å². The molecule has 2 fully saturated rings. The summed E-state index contributed by atoms with van der Waals surface area (Å²) in [4.78, 5) is 25.0. The lowest BCUT2D eigenvalue weighted by molar-refractivity contribution is -0.130. The third-order valence-electron chi connectivity index (χ3n) is 4.40. The molecule has 0 spiro atoms. The average Bonchev–Trinajstić information content (AvgIpc) is 2.48. The minimum absolute atomic E-state index is 0.0334. The molecule has 4 nitrogen and oxygen atoms in total. The van der Waals surface area contributed by atoms with Gasteiger partial charge in [-0.15, -0.1) is 0 Å². The summed E-state index contributed by atoms with van der Waals surface area (Å²) in [5.41, 5.74) is 0.628. The molecule has 4 unspecified atom stereocenters. The third-order valence-corrected chi connectivity index (χ3v) is 4.40. The molecule has 1 aromatic rings. The molecule has 2 aliphatic heterocycles. The zero-order valence-corrected chi connectivity index (χ0v) is 11.6. The topological polar surface area (TPSA) is 58.2 Å². The monoisotopic (exact) mass is 272 g/mol. The maximum absolute atomic E-state index is 12.6. The Kier molecular flexibility index (Phi) is 3.68. The predicted octanol–water partition coefficient (Wildman–Crippen LogP) is 1.37. The van der Waals surface area contributed by atoms with Gasteiger partial charge in [-0.1, -0.05) is 30.3 Å². The fraction of sp³-hybridized carbons (Fsp3) is 0.500. The molecule has 2 aliphatic rings. The first kappa shape index (κ1) is 13.5. The van der Waals surface area contributed by atoms with Crippen molar-refractivity contribution >= 4 is 11.6 Å². The van der Waals surface area contributed by atoms with Gasteiger partial charge in [0.05, 0.1) is 12.1 Å². The number of carbonyl (C=O) groups excluding carboxylic acids is 2. The molecule has 106 valence electrons. The van der Waals surface area contributed by atoms with Crippen molar-refractivity contribution in [2.45, 2.75) is 32.0 Å². The van der Waals surface area contributed by atoms with Crippen LogP contribution in [0.3, 0.4) is 0 Å². The quantitative estimate of drug-likeness (QED) is 0.630. The van der Waals surface area contributed by atoms with Gasteiger partial charge in [-0.3, -0.25) is 14.9 Å².